The number of hydrogen-bond acceptors (Lipinski definition) is 4. The summed E-state index contributed by atoms with van der Waals surface area (Å²) in [6.45, 7) is 1.72. The van der Waals surface area contributed by atoms with Gasteiger partial charge in [-0.2, -0.15) is 0 Å². The van der Waals surface area contributed by atoms with E-state index in [1.165, 1.54) is 0 Å². The van der Waals surface area contributed by atoms with E-state index < -0.39 is 9.84 Å². The first-order valence-corrected chi connectivity index (χ1v) is 9.25. The summed E-state index contributed by atoms with van der Waals surface area (Å²) >= 11 is 0. The summed E-state index contributed by atoms with van der Waals surface area (Å²) in [6, 6.07) is -0.234. The highest BCUT2D eigenvalue weighted by molar-refractivity contribution is 7.91. The molecule has 3 amide bonds. The summed E-state index contributed by atoms with van der Waals surface area (Å²) in [5.41, 5.74) is 0. The van der Waals surface area contributed by atoms with Gasteiger partial charge in [0, 0.05) is 19.6 Å². The number of hydrogen-bond donors (Lipinski definition) is 3. The van der Waals surface area contributed by atoms with Crippen molar-refractivity contribution in [2.24, 2.45) is 5.92 Å². The Morgan fingerprint density at radius 1 is 1.10 bits per heavy atom. The highest BCUT2D eigenvalue weighted by Gasteiger charge is 2.27. The Balaban J connectivity index is 1.93. The van der Waals surface area contributed by atoms with Crippen LogP contribution < -0.4 is 16.0 Å². The maximum atomic E-state index is 11.5. The fraction of sp³-hybridized carbons (Fsp3) is 0.846. The SMILES string of the molecule is O=CNCCCCCCNC(=O)NCC1CCS(=O)(=O)C1. The molecule has 1 atom stereocenters. The molecule has 1 heterocycles. The van der Waals surface area contributed by atoms with Crippen LogP contribution in [0.2, 0.25) is 0 Å². The molecule has 0 bridgehead atoms. The summed E-state index contributed by atoms with van der Waals surface area (Å²) in [7, 11) is -2.88. The summed E-state index contributed by atoms with van der Waals surface area (Å²) < 4.78 is 22.5. The van der Waals surface area contributed by atoms with Crippen LogP contribution in [0.25, 0.3) is 0 Å². The second kappa shape index (κ2) is 9.59. The average molecular weight is 319 g/mol. The predicted octanol–water partition coefficient (Wildman–Crippen LogP) is 0.0267. The molecule has 0 spiro atoms. The van der Waals surface area contributed by atoms with Crippen molar-refractivity contribution in [2.75, 3.05) is 31.1 Å². The summed E-state index contributed by atoms with van der Waals surface area (Å²) in [6.07, 6.45) is 5.19. The van der Waals surface area contributed by atoms with Crippen LogP contribution in [0.1, 0.15) is 32.1 Å². The minimum absolute atomic E-state index is 0.0473. The van der Waals surface area contributed by atoms with Gasteiger partial charge in [-0.25, -0.2) is 13.2 Å². The van der Waals surface area contributed by atoms with E-state index in [-0.39, 0.29) is 23.5 Å². The molecule has 1 unspecified atom stereocenters. The zero-order valence-corrected chi connectivity index (χ0v) is 13.1. The third-order valence-corrected chi connectivity index (χ3v) is 5.33. The number of amides is 3. The van der Waals surface area contributed by atoms with Gasteiger partial charge in [-0.1, -0.05) is 12.8 Å². The second-order valence-electron chi connectivity index (χ2n) is 5.39. The number of urea groups is 1. The standard InChI is InChI=1S/C13H25N3O4S/c17-11-14-6-3-1-2-4-7-15-13(18)16-9-12-5-8-21(19,20)10-12/h11-12H,1-10H2,(H,14,17)(H2,15,16,18). The van der Waals surface area contributed by atoms with Crippen molar-refractivity contribution >= 4 is 22.3 Å². The fourth-order valence-electron chi connectivity index (χ4n) is 2.30. The zero-order valence-electron chi connectivity index (χ0n) is 12.3. The van der Waals surface area contributed by atoms with E-state index in [4.69, 9.17) is 0 Å². The average Bonchev–Trinajstić information content (AvgIpc) is 2.79. The molecule has 3 N–H and O–H groups in total. The van der Waals surface area contributed by atoms with Crippen molar-refractivity contribution < 1.29 is 18.0 Å². The maximum Gasteiger partial charge on any atom is 0.314 e. The van der Waals surface area contributed by atoms with Crippen LogP contribution in [0, 0.1) is 5.92 Å². The van der Waals surface area contributed by atoms with Crippen LogP contribution in [0.4, 0.5) is 4.79 Å². The van der Waals surface area contributed by atoms with Gasteiger partial charge in [-0.05, 0) is 25.2 Å². The Hall–Kier alpha value is -1.31. The Bertz CT molecular complexity index is 425. The number of rotatable bonds is 10. The molecule has 7 nitrogen and oxygen atoms in total. The normalized spacial score (nSPS) is 19.9. The van der Waals surface area contributed by atoms with Crippen LogP contribution in [0.3, 0.4) is 0 Å². The van der Waals surface area contributed by atoms with Gasteiger partial charge >= 0.3 is 6.03 Å². The summed E-state index contributed by atoms with van der Waals surface area (Å²) in [4.78, 5) is 21.5. The van der Waals surface area contributed by atoms with E-state index in [0.717, 1.165) is 25.7 Å². The lowest BCUT2D eigenvalue weighted by Crippen LogP contribution is -2.38. The molecule has 0 aromatic carbocycles. The Labute approximate surface area is 126 Å². The molecule has 1 fully saturated rings. The highest BCUT2D eigenvalue weighted by Crippen LogP contribution is 2.17. The number of sulfone groups is 1. The number of nitrogens with one attached hydrogen (secondary N) is 3. The van der Waals surface area contributed by atoms with E-state index in [1.54, 1.807) is 0 Å². The minimum atomic E-state index is -2.88. The molecule has 0 aromatic rings. The van der Waals surface area contributed by atoms with Gasteiger partial charge in [0.05, 0.1) is 11.5 Å². The molecule has 1 aliphatic rings. The smallest absolute Gasteiger partial charge is 0.314 e. The van der Waals surface area contributed by atoms with Crippen molar-refractivity contribution in [2.45, 2.75) is 32.1 Å². The summed E-state index contributed by atoms with van der Waals surface area (Å²) in [5, 5.41) is 8.08. The van der Waals surface area contributed by atoms with Gasteiger partial charge in [0.2, 0.25) is 6.41 Å². The van der Waals surface area contributed by atoms with Crippen LogP contribution in [-0.4, -0.2) is 52.0 Å². The molecule has 8 heteroatoms. The van der Waals surface area contributed by atoms with Crippen molar-refractivity contribution in [3.8, 4) is 0 Å². The third kappa shape index (κ3) is 8.54. The Morgan fingerprint density at radius 2 is 1.81 bits per heavy atom. The van der Waals surface area contributed by atoms with E-state index in [9.17, 15) is 18.0 Å². The zero-order chi connectivity index (χ0) is 15.6. The monoisotopic (exact) mass is 319 g/mol. The largest absolute Gasteiger partial charge is 0.359 e. The van der Waals surface area contributed by atoms with Gasteiger partial charge < -0.3 is 16.0 Å². The molecule has 0 aromatic heterocycles. The minimum Gasteiger partial charge on any atom is -0.359 e. The highest BCUT2D eigenvalue weighted by atomic mass is 32.2. The molecule has 0 saturated carbocycles. The van der Waals surface area contributed by atoms with Crippen molar-refractivity contribution in [1.29, 1.82) is 0 Å². The molecule has 0 aliphatic carbocycles. The Morgan fingerprint density at radius 3 is 2.43 bits per heavy atom. The van der Waals surface area contributed by atoms with Crippen LogP contribution in [-0.2, 0) is 14.6 Å². The molecule has 1 aliphatic heterocycles. The van der Waals surface area contributed by atoms with Crippen LogP contribution in [0.15, 0.2) is 0 Å². The van der Waals surface area contributed by atoms with Crippen molar-refractivity contribution in [1.82, 2.24) is 16.0 Å². The lowest BCUT2D eigenvalue weighted by molar-refractivity contribution is -0.109. The molecule has 21 heavy (non-hydrogen) atoms. The van der Waals surface area contributed by atoms with E-state index in [1.807, 2.05) is 0 Å². The first kappa shape index (κ1) is 17.7. The fourth-order valence-corrected chi connectivity index (χ4v) is 4.16. The molecular weight excluding hydrogens is 294 g/mol. The quantitative estimate of drug-likeness (QED) is 0.390. The summed E-state index contributed by atoms with van der Waals surface area (Å²) in [5.74, 6) is 0.466. The topological polar surface area (TPSA) is 104 Å². The predicted molar refractivity (Wildman–Crippen MR) is 80.7 cm³/mol. The van der Waals surface area contributed by atoms with Gasteiger partial charge in [0.25, 0.3) is 0 Å². The van der Waals surface area contributed by atoms with Crippen LogP contribution in [0.5, 0.6) is 0 Å². The van der Waals surface area contributed by atoms with Gasteiger partial charge in [0.15, 0.2) is 9.84 Å². The number of unbranched alkanes of at least 4 members (excludes halogenated alkanes) is 3. The Kier molecular flexibility index (Phi) is 8.11. The number of carbonyl (C=O) groups is 2. The molecule has 1 rings (SSSR count). The van der Waals surface area contributed by atoms with Crippen molar-refractivity contribution in [3.63, 3.8) is 0 Å². The van der Waals surface area contributed by atoms with E-state index >= 15 is 0 Å². The lowest BCUT2D eigenvalue weighted by Gasteiger charge is -2.10. The molecule has 122 valence electrons. The van der Waals surface area contributed by atoms with Gasteiger partial charge in [-0.15, -0.1) is 0 Å². The third-order valence-electron chi connectivity index (χ3n) is 3.49. The second-order valence-corrected chi connectivity index (χ2v) is 7.62. The molecule has 0 radical (unpaired) electrons. The molecule has 1 saturated heterocycles. The van der Waals surface area contributed by atoms with E-state index in [2.05, 4.69) is 16.0 Å². The first-order valence-electron chi connectivity index (χ1n) is 7.42. The van der Waals surface area contributed by atoms with Crippen molar-refractivity contribution in [3.05, 3.63) is 0 Å². The lowest BCUT2D eigenvalue weighted by atomic mass is 10.1. The first-order chi connectivity index (χ1) is 10.0. The van der Waals surface area contributed by atoms with Gasteiger partial charge in [-0.3, -0.25) is 4.79 Å². The maximum absolute atomic E-state index is 11.5. The van der Waals surface area contributed by atoms with Gasteiger partial charge in [0.1, 0.15) is 0 Å². The van der Waals surface area contributed by atoms with Crippen LogP contribution >= 0.6 is 0 Å². The molecular formula is C13H25N3O4S. The number of carbonyl (C=O) groups excluding carboxylic acids is 2. The van der Waals surface area contributed by atoms with E-state index in [0.29, 0.717) is 32.5 Å².